The third-order valence-corrected chi connectivity index (χ3v) is 4.12. The van der Waals surface area contributed by atoms with Crippen LogP contribution in [0.2, 0.25) is 0 Å². The molecule has 1 aliphatic rings. The summed E-state index contributed by atoms with van der Waals surface area (Å²) in [6.07, 6.45) is 0. The summed E-state index contributed by atoms with van der Waals surface area (Å²) in [6.45, 7) is 1.05. The molecule has 21 heavy (non-hydrogen) atoms. The Labute approximate surface area is 124 Å². The minimum Gasteiger partial charge on any atom is -0.378 e. The summed E-state index contributed by atoms with van der Waals surface area (Å²) in [5.41, 5.74) is 9.92. The zero-order chi connectivity index (χ0) is 15.0. The zero-order valence-electron chi connectivity index (χ0n) is 12.4. The van der Waals surface area contributed by atoms with E-state index in [2.05, 4.69) is 28.0 Å². The van der Waals surface area contributed by atoms with Crippen LogP contribution >= 0.6 is 0 Å². The number of hydrogen-bond acceptors (Lipinski definition) is 3. The Bertz CT molecular complexity index is 654. The van der Waals surface area contributed by atoms with Crippen LogP contribution in [-0.2, 0) is 6.54 Å². The van der Waals surface area contributed by atoms with Crippen LogP contribution in [-0.4, -0.2) is 20.6 Å². The molecule has 0 aromatic heterocycles. The third-order valence-electron chi connectivity index (χ3n) is 4.12. The van der Waals surface area contributed by atoms with Crippen molar-refractivity contribution in [2.24, 2.45) is 5.73 Å². The van der Waals surface area contributed by atoms with Crippen LogP contribution in [0.5, 0.6) is 0 Å². The average Bonchev–Trinajstić information content (AvgIpc) is 2.87. The molecule has 0 aliphatic carbocycles. The molecule has 0 spiro atoms. The van der Waals surface area contributed by atoms with Gasteiger partial charge in [-0.05, 0) is 29.8 Å². The number of nitrogens with zero attached hydrogens (tertiary/aromatic N) is 2. The summed E-state index contributed by atoms with van der Waals surface area (Å²) in [5.74, 6) is -0.141. The van der Waals surface area contributed by atoms with Crippen LogP contribution in [0.15, 0.2) is 42.5 Å². The highest BCUT2D eigenvalue weighted by molar-refractivity contribution is 5.62. The number of anilines is 2. The summed E-state index contributed by atoms with van der Waals surface area (Å²) in [4.78, 5) is 4.24. The first kappa shape index (κ1) is 13.9. The SMILES string of the molecule is CN(C)c1cccc(N2Cc3c(F)cccc3C2CN)c1. The maximum atomic E-state index is 14.0. The van der Waals surface area contributed by atoms with Gasteiger partial charge in [-0.2, -0.15) is 0 Å². The standard InChI is InChI=1S/C17H20FN3/c1-20(2)12-5-3-6-13(9-12)21-11-15-14(17(21)10-19)7-4-8-16(15)18/h3-9,17H,10-11,19H2,1-2H3. The van der Waals surface area contributed by atoms with Gasteiger partial charge in [-0.25, -0.2) is 4.39 Å². The predicted octanol–water partition coefficient (Wildman–Crippen LogP) is 2.91. The quantitative estimate of drug-likeness (QED) is 0.941. The van der Waals surface area contributed by atoms with Crippen LogP contribution in [0.25, 0.3) is 0 Å². The van der Waals surface area contributed by atoms with Crippen molar-refractivity contribution in [3.63, 3.8) is 0 Å². The van der Waals surface area contributed by atoms with Crippen LogP contribution in [0, 0.1) is 5.82 Å². The van der Waals surface area contributed by atoms with E-state index in [4.69, 9.17) is 5.73 Å². The Morgan fingerprint density at radius 2 is 2.00 bits per heavy atom. The second-order valence-electron chi connectivity index (χ2n) is 5.60. The molecule has 3 nitrogen and oxygen atoms in total. The van der Waals surface area contributed by atoms with E-state index in [1.54, 1.807) is 6.07 Å². The summed E-state index contributed by atoms with van der Waals surface area (Å²) >= 11 is 0. The molecule has 2 aromatic carbocycles. The lowest BCUT2D eigenvalue weighted by molar-refractivity contribution is 0.612. The molecule has 1 unspecified atom stereocenters. The van der Waals surface area contributed by atoms with E-state index in [0.29, 0.717) is 13.1 Å². The first-order valence-corrected chi connectivity index (χ1v) is 7.13. The van der Waals surface area contributed by atoms with E-state index in [1.807, 2.05) is 26.2 Å². The molecule has 2 aromatic rings. The van der Waals surface area contributed by atoms with Crippen molar-refractivity contribution < 1.29 is 4.39 Å². The molecule has 4 heteroatoms. The third kappa shape index (κ3) is 2.36. The molecule has 3 rings (SSSR count). The van der Waals surface area contributed by atoms with Gasteiger partial charge in [0.05, 0.1) is 6.04 Å². The molecule has 0 saturated heterocycles. The first-order chi connectivity index (χ1) is 10.1. The van der Waals surface area contributed by atoms with E-state index >= 15 is 0 Å². The van der Waals surface area contributed by atoms with Gasteiger partial charge in [-0.1, -0.05) is 18.2 Å². The minimum atomic E-state index is -0.141. The van der Waals surface area contributed by atoms with Gasteiger partial charge >= 0.3 is 0 Å². The molecule has 0 amide bonds. The Morgan fingerprint density at radius 3 is 2.71 bits per heavy atom. The minimum absolute atomic E-state index is 0.0353. The second-order valence-corrected chi connectivity index (χ2v) is 5.60. The average molecular weight is 285 g/mol. The molecule has 0 radical (unpaired) electrons. The fourth-order valence-corrected chi connectivity index (χ4v) is 2.98. The van der Waals surface area contributed by atoms with Gasteiger partial charge in [0.1, 0.15) is 5.82 Å². The van der Waals surface area contributed by atoms with Crippen molar-refractivity contribution in [1.29, 1.82) is 0 Å². The molecule has 0 bridgehead atoms. The fraction of sp³-hybridized carbons (Fsp3) is 0.294. The molecule has 1 aliphatic heterocycles. The Kier molecular flexibility index (Phi) is 3.55. The number of rotatable bonds is 3. The lowest BCUT2D eigenvalue weighted by atomic mass is 10.0. The van der Waals surface area contributed by atoms with Crippen molar-refractivity contribution in [2.45, 2.75) is 12.6 Å². The van der Waals surface area contributed by atoms with E-state index in [0.717, 1.165) is 22.5 Å². The molecule has 1 atom stereocenters. The smallest absolute Gasteiger partial charge is 0.128 e. The van der Waals surface area contributed by atoms with Gasteiger partial charge in [0.25, 0.3) is 0 Å². The highest BCUT2D eigenvalue weighted by Gasteiger charge is 2.31. The van der Waals surface area contributed by atoms with Gasteiger partial charge in [0.15, 0.2) is 0 Å². The predicted molar refractivity (Wildman–Crippen MR) is 85.1 cm³/mol. The van der Waals surface area contributed by atoms with E-state index in [-0.39, 0.29) is 11.9 Å². The molecule has 2 N–H and O–H groups in total. The van der Waals surface area contributed by atoms with E-state index in [1.165, 1.54) is 6.07 Å². The summed E-state index contributed by atoms with van der Waals surface area (Å²) in [7, 11) is 4.02. The number of benzene rings is 2. The first-order valence-electron chi connectivity index (χ1n) is 7.13. The molecule has 1 heterocycles. The topological polar surface area (TPSA) is 32.5 Å². The van der Waals surface area contributed by atoms with E-state index < -0.39 is 0 Å². The van der Waals surface area contributed by atoms with Crippen LogP contribution in [0.3, 0.4) is 0 Å². The lowest BCUT2D eigenvalue weighted by Crippen LogP contribution is -2.27. The zero-order valence-corrected chi connectivity index (χ0v) is 12.4. The molecular formula is C17H20FN3. The Balaban J connectivity index is 2.01. The number of halogens is 1. The molecular weight excluding hydrogens is 265 g/mol. The van der Waals surface area contributed by atoms with E-state index in [9.17, 15) is 4.39 Å². The van der Waals surface area contributed by atoms with Crippen molar-refractivity contribution in [1.82, 2.24) is 0 Å². The number of hydrogen-bond donors (Lipinski definition) is 1. The largest absolute Gasteiger partial charge is 0.378 e. The van der Waals surface area contributed by atoms with Gasteiger partial charge < -0.3 is 15.5 Å². The van der Waals surface area contributed by atoms with Crippen molar-refractivity contribution in [2.75, 3.05) is 30.4 Å². The summed E-state index contributed by atoms with van der Waals surface area (Å²) in [5, 5.41) is 0. The Hall–Kier alpha value is -2.07. The van der Waals surface area contributed by atoms with Gasteiger partial charge in [0.2, 0.25) is 0 Å². The maximum Gasteiger partial charge on any atom is 0.128 e. The number of fused-ring (bicyclic) bond motifs is 1. The highest BCUT2D eigenvalue weighted by Crippen LogP contribution is 2.38. The van der Waals surface area contributed by atoms with Crippen molar-refractivity contribution in [3.8, 4) is 0 Å². The second kappa shape index (κ2) is 5.37. The van der Waals surface area contributed by atoms with Gasteiger partial charge in [-0.3, -0.25) is 0 Å². The highest BCUT2D eigenvalue weighted by atomic mass is 19.1. The number of nitrogens with two attached hydrogens (primary N) is 1. The van der Waals surface area contributed by atoms with Gasteiger partial charge in [-0.15, -0.1) is 0 Å². The molecule has 0 saturated carbocycles. The monoisotopic (exact) mass is 285 g/mol. The van der Waals surface area contributed by atoms with Crippen LogP contribution < -0.4 is 15.5 Å². The van der Waals surface area contributed by atoms with Crippen LogP contribution in [0.4, 0.5) is 15.8 Å². The fourth-order valence-electron chi connectivity index (χ4n) is 2.98. The van der Waals surface area contributed by atoms with Crippen molar-refractivity contribution >= 4 is 11.4 Å². The summed E-state index contributed by atoms with van der Waals surface area (Å²) in [6, 6.07) is 13.6. The molecule has 0 fully saturated rings. The summed E-state index contributed by atoms with van der Waals surface area (Å²) < 4.78 is 14.0. The van der Waals surface area contributed by atoms with Crippen molar-refractivity contribution in [3.05, 3.63) is 59.4 Å². The van der Waals surface area contributed by atoms with Gasteiger partial charge in [0, 0.05) is 44.1 Å². The van der Waals surface area contributed by atoms with Crippen LogP contribution in [0.1, 0.15) is 17.2 Å². The lowest BCUT2D eigenvalue weighted by Gasteiger charge is -2.27. The molecule has 110 valence electrons. The normalized spacial score (nSPS) is 17.0. The Morgan fingerprint density at radius 1 is 1.24 bits per heavy atom. The maximum absolute atomic E-state index is 14.0.